The summed E-state index contributed by atoms with van der Waals surface area (Å²) >= 11 is 0. The smallest absolute Gasteiger partial charge is 0.293 e. The molecule has 1 aliphatic rings. The second-order valence-electron chi connectivity index (χ2n) is 3.18. The van der Waals surface area contributed by atoms with Gasteiger partial charge in [0.25, 0.3) is 6.47 Å². The first-order chi connectivity index (χ1) is 7.11. The summed E-state index contributed by atoms with van der Waals surface area (Å²) in [5.74, 6) is 0. The molecule has 1 rings (SSSR count). The number of carbonyl (C=O) groups excluding carboxylic acids is 1. The molecule has 0 aromatic carbocycles. The number of rotatable bonds is 4. The normalized spacial score (nSPS) is 41.2. The van der Waals surface area contributed by atoms with Crippen LogP contribution in [0.15, 0.2) is 0 Å². The molecule has 0 saturated carbocycles. The van der Waals surface area contributed by atoms with Gasteiger partial charge >= 0.3 is 0 Å². The van der Waals surface area contributed by atoms with Gasteiger partial charge in [0.15, 0.2) is 6.29 Å². The largest absolute Gasteiger partial charge is 0.465 e. The third-order valence-electron chi connectivity index (χ3n) is 2.23. The van der Waals surface area contributed by atoms with Crippen molar-refractivity contribution in [3.05, 3.63) is 0 Å². The highest BCUT2D eigenvalue weighted by Crippen LogP contribution is 2.21. The monoisotopic (exact) mass is 222 g/mol. The lowest BCUT2D eigenvalue weighted by Gasteiger charge is -2.39. The zero-order chi connectivity index (χ0) is 11.4. The van der Waals surface area contributed by atoms with Gasteiger partial charge in [-0.15, -0.1) is 0 Å². The van der Waals surface area contributed by atoms with Crippen LogP contribution in [0.3, 0.4) is 0 Å². The van der Waals surface area contributed by atoms with Crippen LogP contribution in [0.5, 0.6) is 0 Å². The summed E-state index contributed by atoms with van der Waals surface area (Å²) in [5.41, 5.74) is 0. The van der Waals surface area contributed by atoms with Crippen molar-refractivity contribution in [3.8, 4) is 0 Å². The molecule has 0 spiro atoms. The standard InChI is InChI=1S/C8H14O7/c1-13-8-7(12)6(11)5(10)4(15-8)2-14-3-9/h3-8,10-12H,2H2,1H3/t4-,5-,6+,7+,8?/m1/s1. The third-order valence-corrected chi connectivity index (χ3v) is 2.23. The molecule has 5 atom stereocenters. The molecule has 1 fully saturated rings. The molecule has 7 nitrogen and oxygen atoms in total. The van der Waals surface area contributed by atoms with Gasteiger partial charge in [0.2, 0.25) is 0 Å². The Bertz CT molecular complexity index is 207. The minimum Gasteiger partial charge on any atom is -0.465 e. The van der Waals surface area contributed by atoms with Crippen molar-refractivity contribution in [2.24, 2.45) is 0 Å². The van der Waals surface area contributed by atoms with E-state index in [9.17, 15) is 20.1 Å². The summed E-state index contributed by atoms with van der Waals surface area (Å²) in [7, 11) is 1.29. The van der Waals surface area contributed by atoms with Gasteiger partial charge in [-0.05, 0) is 0 Å². The second-order valence-corrected chi connectivity index (χ2v) is 3.18. The van der Waals surface area contributed by atoms with Crippen LogP contribution in [0.4, 0.5) is 0 Å². The van der Waals surface area contributed by atoms with E-state index in [-0.39, 0.29) is 13.1 Å². The summed E-state index contributed by atoms with van der Waals surface area (Å²) < 4.78 is 14.2. The zero-order valence-corrected chi connectivity index (χ0v) is 8.15. The molecule has 88 valence electrons. The molecule has 1 unspecified atom stereocenters. The molecule has 0 amide bonds. The highest BCUT2D eigenvalue weighted by Gasteiger charge is 2.44. The molecule has 7 heteroatoms. The van der Waals surface area contributed by atoms with Crippen LogP contribution in [-0.2, 0) is 19.0 Å². The lowest BCUT2D eigenvalue weighted by molar-refractivity contribution is -0.294. The Kier molecular flexibility index (Phi) is 4.43. The van der Waals surface area contributed by atoms with E-state index in [0.717, 1.165) is 0 Å². The minimum absolute atomic E-state index is 0.204. The van der Waals surface area contributed by atoms with Crippen molar-refractivity contribution in [1.82, 2.24) is 0 Å². The quantitative estimate of drug-likeness (QED) is 0.456. The lowest BCUT2D eigenvalue weighted by atomic mass is 9.99. The van der Waals surface area contributed by atoms with Gasteiger partial charge < -0.3 is 29.5 Å². The summed E-state index contributed by atoms with van der Waals surface area (Å²) in [4.78, 5) is 9.95. The first-order valence-corrected chi connectivity index (χ1v) is 4.39. The zero-order valence-electron chi connectivity index (χ0n) is 8.15. The van der Waals surface area contributed by atoms with Gasteiger partial charge in [-0.3, -0.25) is 4.79 Å². The van der Waals surface area contributed by atoms with Crippen molar-refractivity contribution in [3.63, 3.8) is 0 Å². The van der Waals surface area contributed by atoms with E-state index >= 15 is 0 Å². The highest BCUT2D eigenvalue weighted by molar-refractivity contribution is 5.36. The maximum Gasteiger partial charge on any atom is 0.293 e. The van der Waals surface area contributed by atoms with E-state index in [4.69, 9.17) is 9.47 Å². The topological polar surface area (TPSA) is 105 Å². The van der Waals surface area contributed by atoms with Gasteiger partial charge in [-0.25, -0.2) is 0 Å². The fourth-order valence-electron chi connectivity index (χ4n) is 1.38. The van der Waals surface area contributed by atoms with E-state index in [2.05, 4.69) is 4.74 Å². The minimum atomic E-state index is -1.40. The second kappa shape index (κ2) is 5.38. The summed E-state index contributed by atoms with van der Waals surface area (Å²) in [6, 6.07) is 0. The van der Waals surface area contributed by atoms with E-state index in [1.807, 2.05) is 0 Å². The molecule has 0 aromatic heterocycles. The number of aliphatic hydroxyl groups excluding tert-OH is 3. The average Bonchev–Trinajstić information content (AvgIpc) is 2.25. The van der Waals surface area contributed by atoms with Crippen LogP contribution < -0.4 is 0 Å². The van der Waals surface area contributed by atoms with Crippen LogP contribution in [0.1, 0.15) is 0 Å². The Hall–Kier alpha value is -0.730. The Morgan fingerprint density at radius 1 is 1.27 bits per heavy atom. The molecule has 1 heterocycles. The Morgan fingerprint density at radius 2 is 1.93 bits per heavy atom. The Morgan fingerprint density at radius 3 is 2.47 bits per heavy atom. The van der Waals surface area contributed by atoms with Gasteiger partial charge in [0.05, 0.1) is 0 Å². The van der Waals surface area contributed by atoms with Crippen molar-refractivity contribution in [2.75, 3.05) is 13.7 Å². The third kappa shape index (κ3) is 2.64. The van der Waals surface area contributed by atoms with E-state index < -0.39 is 30.7 Å². The predicted molar refractivity (Wildman–Crippen MR) is 45.7 cm³/mol. The molecular formula is C8H14O7. The number of hydrogen-bond donors (Lipinski definition) is 3. The number of aliphatic hydroxyl groups is 3. The first-order valence-electron chi connectivity index (χ1n) is 4.39. The van der Waals surface area contributed by atoms with E-state index in [1.165, 1.54) is 7.11 Å². The van der Waals surface area contributed by atoms with Gasteiger partial charge in [0.1, 0.15) is 31.0 Å². The molecule has 1 saturated heterocycles. The highest BCUT2D eigenvalue weighted by atomic mass is 16.7. The maximum atomic E-state index is 9.95. The molecule has 15 heavy (non-hydrogen) atoms. The molecule has 0 aromatic rings. The molecular weight excluding hydrogens is 208 g/mol. The van der Waals surface area contributed by atoms with E-state index in [0.29, 0.717) is 0 Å². The van der Waals surface area contributed by atoms with Gasteiger partial charge in [0, 0.05) is 7.11 Å². The van der Waals surface area contributed by atoms with Crippen molar-refractivity contribution in [2.45, 2.75) is 30.7 Å². The van der Waals surface area contributed by atoms with Crippen LogP contribution >= 0.6 is 0 Å². The average molecular weight is 222 g/mol. The SMILES string of the molecule is COC1O[C@H](COC=O)[C@@H](O)[C@H](O)[C@@H]1O. The Labute approximate surface area is 86.2 Å². The Balaban J connectivity index is 2.60. The van der Waals surface area contributed by atoms with E-state index in [1.54, 1.807) is 0 Å². The number of methoxy groups -OCH3 is 1. The van der Waals surface area contributed by atoms with Crippen LogP contribution in [0.25, 0.3) is 0 Å². The fraction of sp³-hybridized carbons (Fsp3) is 0.875. The van der Waals surface area contributed by atoms with Crippen molar-refractivity contribution < 1.29 is 34.3 Å². The van der Waals surface area contributed by atoms with Gasteiger partial charge in [-0.1, -0.05) is 0 Å². The lowest BCUT2D eigenvalue weighted by Crippen LogP contribution is -2.59. The fourth-order valence-corrected chi connectivity index (χ4v) is 1.38. The van der Waals surface area contributed by atoms with Crippen LogP contribution in [-0.4, -0.2) is 66.2 Å². The number of hydrogen-bond acceptors (Lipinski definition) is 7. The van der Waals surface area contributed by atoms with Crippen LogP contribution in [0, 0.1) is 0 Å². The predicted octanol–water partition coefficient (Wildman–Crippen LogP) is -2.39. The molecule has 1 aliphatic heterocycles. The number of carbonyl (C=O) groups is 1. The summed E-state index contributed by atoms with van der Waals surface area (Å²) in [6.07, 6.45) is -6.03. The summed E-state index contributed by atoms with van der Waals surface area (Å²) in [5, 5.41) is 28.3. The van der Waals surface area contributed by atoms with Crippen molar-refractivity contribution in [1.29, 1.82) is 0 Å². The maximum absolute atomic E-state index is 9.95. The molecule has 0 bridgehead atoms. The van der Waals surface area contributed by atoms with Crippen molar-refractivity contribution >= 4 is 6.47 Å². The summed E-state index contributed by atoms with van der Waals surface area (Å²) in [6.45, 7) is -0.0103. The van der Waals surface area contributed by atoms with Crippen LogP contribution in [0.2, 0.25) is 0 Å². The molecule has 3 N–H and O–H groups in total. The van der Waals surface area contributed by atoms with Gasteiger partial charge in [-0.2, -0.15) is 0 Å². The number of ether oxygens (including phenoxy) is 3. The molecule has 0 radical (unpaired) electrons. The first kappa shape index (κ1) is 12.3. The molecule has 0 aliphatic carbocycles.